The van der Waals surface area contributed by atoms with Crippen LogP contribution >= 0.6 is 0 Å². The summed E-state index contributed by atoms with van der Waals surface area (Å²) in [6.45, 7) is 7.08. The maximum Gasteiger partial charge on any atom is 0.130 e. The van der Waals surface area contributed by atoms with Crippen LogP contribution in [-0.4, -0.2) is 0 Å². The van der Waals surface area contributed by atoms with Gasteiger partial charge in [0.1, 0.15) is 5.82 Å². The largest absolute Gasteiger partial charge is 0.206 e. The molecule has 1 aromatic carbocycles. The van der Waals surface area contributed by atoms with Crippen LogP contribution in [0.4, 0.5) is 4.39 Å². The minimum absolute atomic E-state index is 0.262. The summed E-state index contributed by atoms with van der Waals surface area (Å²) in [6, 6.07) is 5.64. The Labute approximate surface area is 84.2 Å². The predicted octanol–water partition coefficient (Wildman–Crippen LogP) is 3.24. The summed E-state index contributed by atoms with van der Waals surface area (Å²) < 4.78 is 13.7. The van der Waals surface area contributed by atoms with Gasteiger partial charge in [-0.15, -0.1) is 0 Å². The van der Waals surface area contributed by atoms with Crippen molar-refractivity contribution in [1.29, 1.82) is 5.26 Å². The summed E-state index contributed by atoms with van der Waals surface area (Å²) in [5.74, 6) is -0.262. The molecule has 0 aliphatic carbocycles. The van der Waals surface area contributed by atoms with E-state index in [4.69, 9.17) is 5.26 Å². The Balaban J connectivity index is 3.44. The number of hydrogen-bond donors (Lipinski definition) is 0. The molecule has 0 spiro atoms. The second-order valence-electron chi connectivity index (χ2n) is 4.18. The van der Waals surface area contributed by atoms with Crippen molar-refractivity contribution in [3.63, 3.8) is 0 Å². The van der Waals surface area contributed by atoms with Crippen LogP contribution in [0.1, 0.15) is 30.5 Å². The van der Waals surface area contributed by atoms with Crippen molar-refractivity contribution in [3.05, 3.63) is 34.6 Å². The molecule has 1 rings (SSSR count). The maximum absolute atomic E-state index is 13.7. The van der Waals surface area contributed by atoms with E-state index in [2.05, 4.69) is 6.07 Å². The molecule has 0 heterocycles. The predicted molar refractivity (Wildman–Crippen MR) is 54.5 cm³/mol. The minimum atomic E-state index is -0.763. The Bertz CT molecular complexity index is 400. The molecule has 1 nitrogen and oxygen atoms in total. The number of rotatable bonds is 1. The molecule has 2 heteroatoms. The molecule has 0 amide bonds. The van der Waals surface area contributed by atoms with Gasteiger partial charge in [0.05, 0.1) is 11.5 Å². The van der Waals surface area contributed by atoms with Crippen molar-refractivity contribution >= 4 is 0 Å². The molecule has 0 atom stereocenters. The molecular formula is C12H14FN. The Morgan fingerprint density at radius 1 is 1.29 bits per heavy atom. The standard InChI is InChI=1S/C12H14FN/c1-8-5-9(2)11(13)10(6-8)12(3,4)7-14/h5-6H,1-4H3. The zero-order valence-corrected chi connectivity index (χ0v) is 8.98. The molecule has 0 saturated heterocycles. The fraction of sp³-hybridized carbons (Fsp3) is 0.417. The van der Waals surface area contributed by atoms with Gasteiger partial charge in [-0.2, -0.15) is 5.26 Å². The first-order valence-electron chi connectivity index (χ1n) is 4.57. The highest BCUT2D eigenvalue weighted by molar-refractivity contribution is 5.38. The third kappa shape index (κ3) is 1.77. The van der Waals surface area contributed by atoms with E-state index in [0.717, 1.165) is 5.56 Å². The summed E-state index contributed by atoms with van der Waals surface area (Å²) in [7, 11) is 0. The van der Waals surface area contributed by atoms with Crippen molar-refractivity contribution in [2.24, 2.45) is 0 Å². The van der Waals surface area contributed by atoms with Crippen LogP contribution in [0.25, 0.3) is 0 Å². The zero-order valence-electron chi connectivity index (χ0n) is 8.98. The van der Waals surface area contributed by atoms with Crippen molar-refractivity contribution < 1.29 is 4.39 Å². The molecule has 0 bridgehead atoms. The first-order valence-corrected chi connectivity index (χ1v) is 4.57. The quantitative estimate of drug-likeness (QED) is 0.668. The molecule has 0 aromatic heterocycles. The van der Waals surface area contributed by atoms with Crippen LogP contribution in [0, 0.1) is 31.0 Å². The highest BCUT2D eigenvalue weighted by atomic mass is 19.1. The molecule has 1 aromatic rings. The first kappa shape index (κ1) is 10.7. The summed E-state index contributed by atoms with van der Waals surface area (Å²) >= 11 is 0. The SMILES string of the molecule is Cc1cc(C)c(F)c(C(C)(C)C#N)c1. The molecule has 0 N–H and O–H groups in total. The van der Waals surface area contributed by atoms with Crippen molar-refractivity contribution in [3.8, 4) is 6.07 Å². The lowest BCUT2D eigenvalue weighted by Crippen LogP contribution is -2.17. The van der Waals surface area contributed by atoms with Gasteiger partial charge in [0.25, 0.3) is 0 Å². The van der Waals surface area contributed by atoms with Gasteiger partial charge in [0.2, 0.25) is 0 Å². The van der Waals surface area contributed by atoms with Gasteiger partial charge >= 0.3 is 0 Å². The molecule has 0 aliphatic rings. The molecule has 0 saturated carbocycles. The van der Waals surface area contributed by atoms with E-state index in [1.54, 1.807) is 32.9 Å². The fourth-order valence-electron chi connectivity index (χ4n) is 1.46. The molecule has 0 unspecified atom stereocenters. The number of hydrogen-bond acceptors (Lipinski definition) is 1. The second kappa shape index (κ2) is 3.42. The average Bonchev–Trinajstić information content (AvgIpc) is 2.11. The number of benzene rings is 1. The third-order valence-electron chi connectivity index (χ3n) is 2.35. The topological polar surface area (TPSA) is 23.8 Å². The van der Waals surface area contributed by atoms with Gasteiger partial charge in [-0.25, -0.2) is 4.39 Å². The van der Waals surface area contributed by atoms with Gasteiger partial charge in [0.15, 0.2) is 0 Å². The molecule has 0 fully saturated rings. The summed E-state index contributed by atoms with van der Waals surface area (Å²) in [5, 5.41) is 8.94. The van der Waals surface area contributed by atoms with E-state index >= 15 is 0 Å². The van der Waals surface area contributed by atoms with Gasteiger partial charge in [-0.05, 0) is 33.3 Å². The Kier molecular flexibility index (Phi) is 2.62. The van der Waals surface area contributed by atoms with Crippen LogP contribution in [-0.2, 0) is 5.41 Å². The molecule has 0 aliphatic heterocycles. The maximum atomic E-state index is 13.7. The molecule has 74 valence electrons. The second-order valence-corrected chi connectivity index (χ2v) is 4.18. The first-order chi connectivity index (χ1) is 6.38. The van der Waals surface area contributed by atoms with Gasteiger partial charge in [-0.3, -0.25) is 0 Å². The lowest BCUT2D eigenvalue weighted by molar-refractivity contribution is 0.557. The van der Waals surface area contributed by atoms with E-state index in [1.165, 1.54) is 0 Å². The van der Waals surface area contributed by atoms with E-state index < -0.39 is 5.41 Å². The van der Waals surface area contributed by atoms with Gasteiger partial charge in [-0.1, -0.05) is 17.7 Å². The number of nitriles is 1. The lowest BCUT2D eigenvalue weighted by Gasteiger charge is -2.18. The van der Waals surface area contributed by atoms with Crippen LogP contribution in [0.2, 0.25) is 0 Å². The highest BCUT2D eigenvalue weighted by Gasteiger charge is 2.24. The van der Waals surface area contributed by atoms with Crippen LogP contribution < -0.4 is 0 Å². The smallest absolute Gasteiger partial charge is 0.130 e. The number of halogens is 1. The van der Waals surface area contributed by atoms with E-state index in [1.807, 2.05) is 6.92 Å². The van der Waals surface area contributed by atoms with Crippen molar-refractivity contribution in [2.75, 3.05) is 0 Å². The van der Waals surface area contributed by atoms with E-state index in [9.17, 15) is 4.39 Å². The van der Waals surface area contributed by atoms with Crippen LogP contribution in [0.15, 0.2) is 12.1 Å². The lowest BCUT2D eigenvalue weighted by atomic mass is 9.84. The highest BCUT2D eigenvalue weighted by Crippen LogP contribution is 2.27. The number of nitrogens with zero attached hydrogens (tertiary/aromatic N) is 1. The molecular weight excluding hydrogens is 177 g/mol. The van der Waals surface area contributed by atoms with Gasteiger partial charge < -0.3 is 0 Å². The molecule has 0 radical (unpaired) electrons. The normalized spacial score (nSPS) is 11.1. The summed E-state index contributed by atoms with van der Waals surface area (Å²) in [4.78, 5) is 0. The van der Waals surface area contributed by atoms with E-state index in [-0.39, 0.29) is 5.82 Å². The van der Waals surface area contributed by atoms with Gasteiger partial charge in [0, 0.05) is 5.56 Å². The Morgan fingerprint density at radius 3 is 2.36 bits per heavy atom. The Morgan fingerprint density at radius 2 is 1.86 bits per heavy atom. The third-order valence-corrected chi connectivity index (χ3v) is 2.35. The Hall–Kier alpha value is -1.36. The van der Waals surface area contributed by atoms with Crippen LogP contribution in [0.3, 0.4) is 0 Å². The van der Waals surface area contributed by atoms with E-state index in [0.29, 0.717) is 11.1 Å². The number of aryl methyl sites for hydroxylation is 2. The zero-order chi connectivity index (χ0) is 10.9. The molecule has 14 heavy (non-hydrogen) atoms. The van der Waals surface area contributed by atoms with Crippen LogP contribution in [0.5, 0.6) is 0 Å². The van der Waals surface area contributed by atoms with Crippen molar-refractivity contribution in [2.45, 2.75) is 33.1 Å². The minimum Gasteiger partial charge on any atom is -0.206 e. The van der Waals surface area contributed by atoms with Crippen molar-refractivity contribution in [1.82, 2.24) is 0 Å². The average molecular weight is 191 g/mol. The summed E-state index contributed by atoms with van der Waals surface area (Å²) in [6.07, 6.45) is 0. The fourth-order valence-corrected chi connectivity index (χ4v) is 1.46. The summed E-state index contributed by atoms with van der Waals surface area (Å²) in [5.41, 5.74) is 1.31. The monoisotopic (exact) mass is 191 g/mol.